The van der Waals surface area contributed by atoms with Crippen molar-refractivity contribution in [1.29, 1.82) is 0 Å². The molecule has 0 saturated heterocycles. The first-order valence-electron chi connectivity index (χ1n) is 6.09. The minimum Gasteiger partial charge on any atom is -0.320 e. The molecule has 2 rings (SSSR count). The minimum absolute atomic E-state index is 0.118. The molecular formula is C15H14BrIN2O. The molecule has 0 aliphatic carbocycles. The number of carbonyl (C=O) groups is 1. The smallest absolute Gasteiger partial charge is 0.256 e. The SMILES string of the molecule is Cc1cc(C)c(NC(=O)c2cc(Br)ccc2I)c(C)n1. The monoisotopic (exact) mass is 444 g/mol. The zero-order valence-corrected chi connectivity index (χ0v) is 15.2. The third kappa shape index (κ3) is 3.38. The Morgan fingerprint density at radius 1 is 1.25 bits per heavy atom. The van der Waals surface area contributed by atoms with Crippen LogP contribution in [-0.2, 0) is 0 Å². The number of hydrogen-bond donors (Lipinski definition) is 1. The van der Waals surface area contributed by atoms with Crippen molar-refractivity contribution in [2.75, 3.05) is 5.32 Å². The molecule has 20 heavy (non-hydrogen) atoms. The van der Waals surface area contributed by atoms with Crippen LogP contribution in [0.5, 0.6) is 0 Å². The van der Waals surface area contributed by atoms with Gasteiger partial charge in [-0.05, 0) is 73.2 Å². The summed E-state index contributed by atoms with van der Waals surface area (Å²) in [5, 5.41) is 2.96. The number of rotatable bonds is 2. The van der Waals surface area contributed by atoms with Crippen LogP contribution in [0.25, 0.3) is 0 Å². The Morgan fingerprint density at radius 3 is 2.60 bits per heavy atom. The third-order valence-electron chi connectivity index (χ3n) is 2.94. The Hall–Kier alpha value is -0.950. The maximum atomic E-state index is 12.4. The van der Waals surface area contributed by atoms with E-state index in [4.69, 9.17) is 0 Å². The van der Waals surface area contributed by atoms with Gasteiger partial charge in [0.15, 0.2) is 0 Å². The summed E-state index contributed by atoms with van der Waals surface area (Å²) in [6, 6.07) is 7.62. The Morgan fingerprint density at radius 2 is 1.95 bits per heavy atom. The van der Waals surface area contributed by atoms with Gasteiger partial charge in [-0.15, -0.1) is 0 Å². The highest BCUT2D eigenvalue weighted by molar-refractivity contribution is 14.1. The number of amides is 1. The molecule has 0 saturated carbocycles. The van der Waals surface area contributed by atoms with E-state index < -0.39 is 0 Å². The van der Waals surface area contributed by atoms with Crippen LogP contribution in [0.3, 0.4) is 0 Å². The first-order chi connectivity index (χ1) is 9.38. The molecule has 1 heterocycles. The van der Waals surface area contributed by atoms with Gasteiger partial charge in [-0.1, -0.05) is 15.9 Å². The van der Waals surface area contributed by atoms with E-state index in [1.165, 1.54) is 0 Å². The summed E-state index contributed by atoms with van der Waals surface area (Å²) in [6.45, 7) is 5.83. The molecule has 1 aromatic carbocycles. The lowest BCUT2D eigenvalue weighted by Crippen LogP contribution is -2.16. The molecule has 0 aliphatic heterocycles. The Balaban J connectivity index is 2.35. The molecule has 1 amide bonds. The van der Waals surface area contributed by atoms with Crippen LogP contribution in [-0.4, -0.2) is 10.9 Å². The molecule has 0 spiro atoms. The van der Waals surface area contributed by atoms with Gasteiger partial charge in [0.2, 0.25) is 0 Å². The summed E-state index contributed by atoms with van der Waals surface area (Å²) < 4.78 is 1.80. The Labute approximate surface area is 140 Å². The second-order valence-corrected chi connectivity index (χ2v) is 6.70. The van der Waals surface area contributed by atoms with Crippen LogP contribution >= 0.6 is 38.5 Å². The number of carbonyl (C=O) groups excluding carboxylic acids is 1. The first kappa shape index (κ1) is 15.4. The molecule has 0 aliphatic rings. The average molecular weight is 445 g/mol. The van der Waals surface area contributed by atoms with Gasteiger partial charge in [0.1, 0.15) is 0 Å². The number of aryl methyl sites for hydroxylation is 3. The fourth-order valence-electron chi connectivity index (χ4n) is 2.06. The van der Waals surface area contributed by atoms with Crippen molar-refractivity contribution < 1.29 is 4.79 Å². The second kappa shape index (κ2) is 6.22. The molecule has 5 heteroatoms. The summed E-state index contributed by atoms with van der Waals surface area (Å²) in [5.41, 5.74) is 4.25. The summed E-state index contributed by atoms with van der Waals surface area (Å²) in [4.78, 5) is 16.8. The highest BCUT2D eigenvalue weighted by Crippen LogP contribution is 2.23. The quantitative estimate of drug-likeness (QED) is 0.686. The standard InChI is InChI=1S/C15H14BrIN2O/c1-8-6-9(2)18-10(3)14(8)19-15(20)12-7-11(16)4-5-13(12)17/h4-7H,1-3H3,(H,19,20). The van der Waals surface area contributed by atoms with Crippen LogP contribution in [0.1, 0.15) is 27.3 Å². The van der Waals surface area contributed by atoms with Gasteiger partial charge in [0, 0.05) is 13.7 Å². The normalized spacial score (nSPS) is 10.4. The highest BCUT2D eigenvalue weighted by atomic mass is 127. The van der Waals surface area contributed by atoms with Crippen molar-refractivity contribution in [1.82, 2.24) is 4.98 Å². The minimum atomic E-state index is -0.118. The summed E-state index contributed by atoms with van der Waals surface area (Å²) in [6.07, 6.45) is 0. The number of hydrogen-bond acceptors (Lipinski definition) is 2. The molecule has 1 N–H and O–H groups in total. The van der Waals surface area contributed by atoms with E-state index in [0.717, 1.165) is 30.7 Å². The van der Waals surface area contributed by atoms with E-state index in [0.29, 0.717) is 5.56 Å². The van der Waals surface area contributed by atoms with Crippen molar-refractivity contribution >= 4 is 50.1 Å². The van der Waals surface area contributed by atoms with E-state index in [-0.39, 0.29) is 5.91 Å². The van der Waals surface area contributed by atoms with Gasteiger partial charge < -0.3 is 5.32 Å². The number of benzene rings is 1. The average Bonchev–Trinajstić information content (AvgIpc) is 2.36. The third-order valence-corrected chi connectivity index (χ3v) is 4.37. The van der Waals surface area contributed by atoms with Crippen molar-refractivity contribution in [2.45, 2.75) is 20.8 Å². The maximum absolute atomic E-state index is 12.4. The number of pyridine rings is 1. The number of aromatic nitrogens is 1. The Kier molecular flexibility index (Phi) is 4.80. The lowest BCUT2D eigenvalue weighted by Gasteiger charge is -2.13. The molecular weight excluding hydrogens is 431 g/mol. The molecule has 2 aromatic rings. The zero-order valence-electron chi connectivity index (χ0n) is 11.4. The topological polar surface area (TPSA) is 42.0 Å². The second-order valence-electron chi connectivity index (χ2n) is 4.62. The molecule has 104 valence electrons. The Bertz CT molecular complexity index is 663. The molecule has 0 bridgehead atoms. The van der Waals surface area contributed by atoms with Crippen molar-refractivity contribution in [2.24, 2.45) is 0 Å². The van der Waals surface area contributed by atoms with Gasteiger partial charge in [0.25, 0.3) is 5.91 Å². The van der Waals surface area contributed by atoms with Crippen LogP contribution in [0, 0.1) is 24.3 Å². The van der Waals surface area contributed by atoms with Gasteiger partial charge in [-0.3, -0.25) is 9.78 Å². The van der Waals surface area contributed by atoms with Gasteiger partial charge in [-0.25, -0.2) is 0 Å². The van der Waals surface area contributed by atoms with E-state index in [1.54, 1.807) is 0 Å². The molecule has 0 radical (unpaired) electrons. The number of anilines is 1. The predicted molar refractivity (Wildman–Crippen MR) is 93.3 cm³/mol. The van der Waals surface area contributed by atoms with Gasteiger partial charge in [0.05, 0.1) is 16.9 Å². The van der Waals surface area contributed by atoms with Crippen molar-refractivity contribution in [3.63, 3.8) is 0 Å². The number of nitrogens with one attached hydrogen (secondary N) is 1. The van der Waals surface area contributed by atoms with Gasteiger partial charge in [-0.2, -0.15) is 0 Å². The number of halogens is 2. The fraction of sp³-hybridized carbons (Fsp3) is 0.200. The molecule has 0 atom stereocenters. The first-order valence-corrected chi connectivity index (χ1v) is 7.97. The maximum Gasteiger partial charge on any atom is 0.256 e. The predicted octanol–water partition coefficient (Wildman–Crippen LogP) is 4.63. The molecule has 1 aromatic heterocycles. The summed E-state index contributed by atoms with van der Waals surface area (Å²) >= 11 is 5.55. The summed E-state index contributed by atoms with van der Waals surface area (Å²) in [5.74, 6) is -0.118. The fourth-order valence-corrected chi connectivity index (χ4v) is 3.01. The lowest BCUT2D eigenvalue weighted by molar-refractivity contribution is 0.102. The molecule has 0 unspecified atom stereocenters. The lowest BCUT2D eigenvalue weighted by atomic mass is 10.1. The highest BCUT2D eigenvalue weighted by Gasteiger charge is 2.14. The van der Waals surface area contributed by atoms with Crippen molar-refractivity contribution in [3.05, 3.63) is 54.8 Å². The van der Waals surface area contributed by atoms with E-state index >= 15 is 0 Å². The van der Waals surface area contributed by atoms with Crippen LogP contribution in [0.2, 0.25) is 0 Å². The van der Waals surface area contributed by atoms with Crippen LogP contribution < -0.4 is 5.32 Å². The van der Waals surface area contributed by atoms with Crippen LogP contribution in [0.15, 0.2) is 28.7 Å². The van der Waals surface area contributed by atoms with Gasteiger partial charge >= 0.3 is 0 Å². The van der Waals surface area contributed by atoms with E-state index in [1.807, 2.05) is 45.0 Å². The number of nitrogens with zero attached hydrogens (tertiary/aromatic N) is 1. The van der Waals surface area contributed by atoms with E-state index in [9.17, 15) is 4.79 Å². The molecule has 3 nitrogen and oxygen atoms in total. The van der Waals surface area contributed by atoms with E-state index in [2.05, 4.69) is 48.8 Å². The largest absolute Gasteiger partial charge is 0.320 e. The zero-order chi connectivity index (χ0) is 14.9. The van der Waals surface area contributed by atoms with Crippen molar-refractivity contribution in [3.8, 4) is 0 Å². The van der Waals surface area contributed by atoms with Crippen LogP contribution in [0.4, 0.5) is 5.69 Å². The summed E-state index contributed by atoms with van der Waals surface area (Å²) in [7, 11) is 0. The molecule has 0 fully saturated rings.